The van der Waals surface area contributed by atoms with Crippen LogP contribution in [0.4, 0.5) is 4.79 Å². The maximum absolute atomic E-state index is 11.8. The van der Waals surface area contributed by atoms with Crippen molar-refractivity contribution in [2.24, 2.45) is 0 Å². The first-order valence-corrected chi connectivity index (χ1v) is 6.66. The van der Waals surface area contributed by atoms with Crippen LogP contribution in [0.3, 0.4) is 0 Å². The molecule has 0 radical (unpaired) electrons. The van der Waals surface area contributed by atoms with Crippen LogP contribution in [0.25, 0.3) is 0 Å². The van der Waals surface area contributed by atoms with E-state index in [4.69, 9.17) is 4.74 Å². The molecule has 0 aromatic rings. The van der Waals surface area contributed by atoms with Gasteiger partial charge in [0, 0.05) is 38.8 Å². The molecule has 0 bridgehead atoms. The highest BCUT2D eigenvalue weighted by molar-refractivity contribution is 5.67. The number of carbonyl (C=O) groups excluding carboxylic acids is 1. The number of hydrogen-bond donors (Lipinski definition) is 0. The van der Waals surface area contributed by atoms with Gasteiger partial charge in [0.2, 0.25) is 0 Å². The molecule has 1 fully saturated rings. The average Bonchev–Trinajstić information content (AvgIpc) is 2.76. The molecule has 0 N–H and O–H groups in total. The van der Waals surface area contributed by atoms with Gasteiger partial charge in [-0.25, -0.2) is 4.79 Å². The zero-order chi connectivity index (χ0) is 13.8. The van der Waals surface area contributed by atoms with E-state index in [9.17, 15) is 4.79 Å². The molecule has 0 atom stereocenters. The van der Waals surface area contributed by atoms with E-state index in [1.807, 2.05) is 20.8 Å². The van der Waals surface area contributed by atoms with E-state index in [0.29, 0.717) is 6.54 Å². The molecule has 4 heteroatoms. The van der Waals surface area contributed by atoms with Gasteiger partial charge in [0.15, 0.2) is 0 Å². The molecule has 0 spiro atoms. The molecule has 18 heavy (non-hydrogen) atoms. The van der Waals surface area contributed by atoms with Crippen molar-refractivity contribution in [3.8, 4) is 0 Å². The number of carbonyl (C=O) groups is 1. The minimum atomic E-state index is -0.433. The number of nitrogens with zero attached hydrogens (tertiary/aromatic N) is 2. The third kappa shape index (κ3) is 4.98. The second-order valence-corrected chi connectivity index (χ2v) is 5.91. The third-order valence-corrected chi connectivity index (χ3v) is 2.99. The number of amides is 1. The maximum Gasteiger partial charge on any atom is 0.410 e. The predicted octanol–water partition coefficient (Wildman–Crippen LogP) is 2.85. The standard InChI is InChI=1S/C14H26N2O2/c1-12(16-9-6-7-10-16)8-11-15(5)13(17)18-14(2,3)4/h1,6-11H2,2-5H3. The van der Waals surface area contributed by atoms with Gasteiger partial charge in [-0.15, -0.1) is 0 Å². The zero-order valence-electron chi connectivity index (χ0n) is 12.2. The predicted molar refractivity (Wildman–Crippen MR) is 73.4 cm³/mol. The molecule has 0 saturated carbocycles. The highest BCUT2D eigenvalue weighted by Crippen LogP contribution is 2.16. The van der Waals surface area contributed by atoms with Gasteiger partial charge in [-0.2, -0.15) is 0 Å². The van der Waals surface area contributed by atoms with Crippen molar-refractivity contribution in [3.63, 3.8) is 0 Å². The lowest BCUT2D eigenvalue weighted by Crippen LogP contribution is -2.35. The minimum Gasteiger partial charge on any atom is -0.444 e. The summed E-state index contributed by atoms with van der Waals surface area (Å²) in [6, 6.07) is 0. The Morgan fingerprint density at radius 2 is 1.89 bits per heavy atom. The summed E-state index contributed by atoms with van der Waals surface area (Å²) >= 11 is 0. The highest BCUT2D eigenvalue weighted by Gasteiger charge is 2.20. The molecule has 1 saturated heterocycles. The Morgan fingerprint density at radius 1 is 1.33 bits per heavy atom. The van der Waals surface area contributed by atoms with Crippen molar-refractivity contribution < 1.29 is 9.53 Å². The van der Waals surface area contributed by atoms with E-state index >= 15 is 0 Å². The lowest BCUT2D eigenvalue weighted by Gasteiger charge is -2.26. The molecule has 0 aromatic heterocycles. The van der Waals surface area contributed by atoms with Gasteiger partial charge in [0.25, 0.3) is 0 Å². The van der Waals surface area contributed by atoms with E-state index in [1.165, 1.54) is 12.8 Å². The van der Waals surface area contributed by atoms with Gasteiger partial charge >= 0.3 is 6.09 Å². The summed E-state index contributed by atoms with van der Waals surface area (Å²) in [5.74, 6) is 0. The lowest BCUT2D eigenvalue weighted by molar-refractivity contribution is 0.0298. The van der Waals surface area contributed by atoms with Crippen molar-refractivity contribution in [2.45, 2.75) is 45.6 Å². The summed E-state index contributed by atoms with van der Waals surface area (Å²) in [5, 5.41) is 0. The van der Waals surface area contributed by atoms with Crippen LogP contribution in [-0.2, 0) is 4.74 Å². The Hall–Kier alpha value is -1.19. The number of ether oxygens (including phenoxy) is 1. The van der Waals surface area contributed by atoms with E-state index in [0.717, 1.165) is 25.2 Å². The molecule has 1 rings (SSSR count). The molecular formula is C14H26N2O2. The van der Waals surface area contributed by atoms with Gasteiger partial charge in [0.1, 0.15) is 5.60 Å². The maximum atomic E-state index is 11.8. The quantitative estimate of drug-likeness (QED) is 0.773. The number of likely N-dealkylation sites (tertiary alicyclic amines) is 1. The first-order valence-electron chi connectivity index (χ1n) is 6.66. The molecular weight excluding hydrogens is 228 g/mol. The lowest BCUT2D eigenvalue weighted by atomic mass is 10.2. The normalized spacial score (nSPS) is 15.7. The van der Waals surface area contributed by atoms with Gasteiger partial charge in [-0.1, -0.05) is 6.58 Å². The molecule has 4 nitrogen and oxygen atoms in total. The average molecular weight is 254 g/mol. The van der Waals surface area contributed by atoms with Crippen LogP contribution in [-0.4, -0.2) is 48.2 Å². The first-order chi connectivity index (χ1) is 8.29. The first kappa shape index (κ1) is 14.9. The topological polar surface area (TPSA) is 32.8 Å². The smallest absolute Gasteiger partial charge is 0.410 e. The zero-order valence-corrected chi connectivity index (χ0v) is 12.2. The number of hydrogen-bond acceptors (Lipinski definition) is 3. The fourth-order valence-corrected chi connectivity index (χ4v) is 1.92. The van der Waals surface area contributed by atoms with Crippen LogP contribution in [0.1, 0.15) is 40.0 Å². The third-order valence-electron chi connectivity index (χ3n) is 2.99. The van der Waals surface area contributed by atoms with Gasteiger partial charge in [-0.3, -0.25) is 0 Å². The molecule has 0 aliphatic carbocycles. The Kier molecular flexibility index (Phi) is 5.05. The summed E-state index contributed by atoms with van der Waals surface area (Å²) in [6.45, 7) is 12.6. The van der Waals surface area contributed by atoms with Crippen molar-refractivity contribution >= 4 is 6.09 Å². The fraction of sp³-hybridized carbons (Fsp3) is 0.786. The summed E-state index contributed by atoms with van der Waals surface area (Å²) in [5.41, 5.74) is 0.694. The fourth-order valence-electron chi connectivity index (χ4n) is 1.92. The van der Waals surface area contributed by atoms with E-state index in [-0.39, 0.29) is 6.09 Å². The Balaban J connectivity index is 2.29. The van der Waals surface area contributed by atoms with Crippen molar-refractivity contribution in [3.05, 3.63) is 12.3 Å². The summed E-state index contributed by atoms with van der Waals surface area (Å²) in [4.78, 5) is 15.7. The van der Waals surface area contributed by atoms with Crippen LogP contribution in [0.2, 0.25) is 0 Å². The molecule has 1 heterocycles. The molecule has 1 aliphatic rings. The van der Waals surface area contributed by atoms with Crippen molar-refractivity contribution in [1.29, 1.82) is 0 Å². The Bertz CT molecular complexity index is 301. The van der Waals surface area contributed by atoms with E-state index in [2.05, 4.69) is 11.5 Å². The monoisotopic (exact) mass is 254 g/mol. The van der Waals surface area contributed by atoms with Gasteiger partial charge in [-0.05, 0) is 33.6 Å². The Labute approximate surface area is 111 Å². The van der Waals surface area contributed by atoms with Crippen LogP contribution in [0, 0.1) is 0 Å². The van der Waals surface area contributed by atoms with Crippen LogP contribution in [0.15, 0.2) is 12.3 Å². The summed E-state index contributed by atoms with van der Waals surface area (Å²) in [6.07, 6.45) is 3.05. The molecule has 1 amide bonds. The molecule has 1 aliphatic heterocycles. The molecule has 0 aromatic carbocycles. The Morgan fingerprint density at radius 3 is 2.39 bits per heavy atom. The van der Waals surface area contributed by atoms with Gasteiger partial charge in [0.05, 0.1) is 0 Å². The summed E-state index contributed by atoms with van der Waals surface area (Å²) < 4.78 is 5.30. The van der Waals surface area contributed by atoms with Crippen molar-refractivity contribution in [2.75, 3.05) is 26.7 Å². The SMILES string of the molecule is C=C(CCN(C)C(=O)OC(C)(C)C)N1CCCC1. The van der Waals surface area contributed by atoms with Gasteiger partial charge < -0.3 is 14.5 Å². The van der Waals surface area contributed by atoms with E-state index < -0.39 is 5.60 Å². The molecule has 104 valence electrons. The number of rotatable bonds is 4. The minimum absolute atomic E-state index is 0.267. The van der Waals surface area contributed by atoms with E-state index in [1.54, 1.807) is 11.9 Å². The van der Waals surface area contributed by atoms with Crippen LogP contribution in [0.5, 0.6) is 0 Å². The highest BCUT2D eigenvalue weighted by atomic mass is 16.6. The van der Waals surface area contributed by atoms with Crippen LogP contribution < -0.4 is 0 Å². The largest absolute Gasteiger partial charge is 0.444 e. The molecule has 0 unspecified atom stereocenters. The second-order valence-electron chi connectivity index (χ2n) is 5.91. The summed E-state index contributed by atoms with van der Waals surface area (Å²) in [7, 11) is 1.77. The van der Waals surface area contributed by atoms with Crippen LogP contribution >= 0.6 is 0 Å². The second kappa shape index (κ2) is 6.12. The van der Waals surface area contributed by atoms with Crippen molar-refractivity contribution in [1.82, 2.24) is 9.80 Å².